The summed E-state index contributed by atoms with van der Waals surface area (Å²) in [5, 5.41) is 10.1. The molecule has 1 saturated heterocycles. The maximum absolute atomic E-state index is 15.8. The van der Waals surface area contributed by atoms with Gasteiger partial charge in [0.25, 0.3) is 0 Å². The van der Waals surface area contributed by atoms with Gasteiger partial charge in [-0.05, 0) is 93.4 Å². The lowest BCUT2D eigenvalue weighted by Crippen LogP contribution is -2.41. The zero-order valence-electron chi connectivity index (χ0n) is 22.4. The van der Waals surface area contributed by atoms with Crippen LogP contribution in [0, 0.1) is 22.9 Å². The Labute approximate surface area is 230 Å². The van der Waals surface area contributed by atoms with E-state index in [4.69, 9.17) is 4.74 Å². The number of hydrogen-bond donors (Lipinski definition) is 1. The van der Waals surface area contributed by atoms with Crippen molar-refractivity contribution in [3.8, 4) is 5.75 Å². The summed E-state index contributed by atoms with van der Waals surface area (Å²) >= 11 is 0. The first-order chi connectivity index (χ1) is 19.1. The first kappa shape index (κ1) is 29.7. The molecule has 1 fully saturated rings. The van der Waals surface area contributed by atoms with Gasteiger partial charge in [0.05, 0.1) is 19.0 Å². The number of ether oxygens (including phenoxy) is 1. The number of carbonyl (C=O) groups is 1. The van der Waals surface area contributed by atoms with E-state index >= 15 is 4.39 Å². The number of alkyl halides is 2. The molecule has 1 aliphatic heterocycles. The van der Waals surface area contributed by atoms with Crippen LogP contribution >= 0.6 is 0 Å². The van der Waals surface area contributed by atoms with Crippen LogP contribution in [0.4, 0.5) is 22.0 Å². The maximum atomic E-state index is 15.8. The Morgan fingerprint density at radius 2 is 1.90 bits per heavy atom. The Kier molecular flexibility index (Phi) is 9.60. The third-order valence-electron chi connectivity index (χ3n) is 8.02. The molecule has 0 aliphatic carbocycles. The number of likely N-dealkylation sites (tertiary alicyclic amines) is 1. The van der Waals surface area contributed by atoms with Crippen LogP contribution in [-0.2, 0) is 17.9 Å². The van der Waals surface area contributed by atoms with Gasteiger partial charge in [0.15, 0.2) is 11.6 Å². The van der Waals surface area contributed by atoms with E-state index in [1.54, 1.807) is 18.2 Å². The molecule has 0 bridgehead atoms. The zero-order chi connectivity index (χ0) is 28.9. The van der Waals surface area contributed by atoms with E-state index in [2.05, 4.69) is 9.88 Å². The summed E-state index contributed by atoms with van der Waals surface area (Å²) < 4.78 is 75.8. The number of benzene rings is 2. The number of hydrogen-bond acceptors (Lipinski definition) is 4. The standard InChI is InChI=1S/C30H33F5N2O3/c1-40-22-4-5-26-23(15-22)28(20(17-31)18-36-26)24(33)6-7-30(16-27(38)39)8-11-37(12-9-30)10-2-3-19-13-21(32)14-25(34)29(19)35/h4-5,13-15,18,24H,2-3,6-12,16-17H2,1H3,(H,38,39)/t24-/m0/s1. The molecule has 0 saturated carbocycles. The highest BCUT2D eigenvalue weighted by atomic mass is 19.2. The predicted molar refractivity (Wildman–Crippen MR) is 141 cm³/mol. The first-order valence-corrected chi connectivity index (χ1v) is 13.4. The second kappa shape index (κ2) is 12.9. The van der Waals surface area contributed by atoms with Gasteiger partial charge in [0, 0.05) is 28.8 Å². The van der Waals surface area contributed by atoms with Crippen molar-refractivity contribution in [1.82, 2.24) is 9.88 Å². The van der Waals surface area contributed by atoms with Crippen molar-refractivity contribution in [3.05, 3.63) is 70.7 Å². The van der Waals surface area contributed by atoms with E-state index in [-0.39, 0.29) is 36.0 Å². The summed E-state index contributed by atoms with van der Waals surface area (Å²) in [6.07, 6.45) is 1.74. The molecule has 0 spiro atoms. The van der Waals surface area contributed by atoms with Crippen LogP contribution in [0.2, 0.25) is 0 Å². The lowest BCUT2D eigenvalue weighted by molar-refractivity contribution is -0.141. The van der Waals surface area contributed by atoms with E-state index in [0.717, 1.165) is 6.07 Å². The molecule has 0 radical (unpaired) electrons. The van der Waals surface area contributed by atoms with Crippen molar-refractivity contribution in [3.63, 3.8) is 0 Å². The number of piperidine rings is 1. The fourth-order valence-corrected chi connectivity index (χ4v) is 5.79. The first-order valence-electron chi connectivity index (χ1n) is 13.4. The van der Waals surface area contributed by atoms with Gasteiger partial charge < -0.3 is 14.7 Å². The molecular weight excluding hydrogens is 531 g/mol. The molecule has 1 atom stereocenters. The van der Waals surface area contributed by atoms with Crippen molar-refractivity contribution in [1.29, 1.82) is 0 Å². The minimum atomic E-state index is -1.52. The number of carboxylic acids is 1. The highest BCUT2D eigenvalue weighted by molar-refractivity contribution is 5.85. The summed E-state index contributed by atoms with van der Waals surface area (Å²) in [6.45, 7) is 0.805. The molecule has 3 aromatic rings. The number of carboxylic acid groups (broad SMARTS) is 1. The number of pyridine rings is 1. The van der Waals surface area contributed by atoms with Crippen LogP contribution in [-0.4, -0.2) is 47.7 Å². The molecule has 2 heterocycles. The van der Waals surface area contributed by atoms with Gasteiger partial charge in [-0.25, -0.2) is 22.0 Å². The zero-order valence-corrected chi connectivity index (χ0v) is 22.4. The molecule has 10 heteroatoms. The van der Waals surface area contributed by atoms with Gasteiger partial charge in [0.1, 0.15) is 24.4 Å². The predicted octanol–water partition coefficient (Wildman–Crippen LogP) is 7.11. The lowest BCUT2D eigenvalue weighted by Gasteiger charge is -2.41. The minimum Gasteiger partial charge on any atom is -0.497 e. The highest BCUT2D eigenvalue weighted by Crippen LogP contribution is 2.43. The molecule has 40 heavy (non-hydrogen) atoms. The summed E-state index contributed by atoms with van der Waals surface area (Å²) in [5.74, 6) is -3.54. The van der Waals surface area contributed by atoms with Gasteiger partial charge in [-0.2, -0.15) is 0 Å². The van der Waals surface area contributed by atoms with E-state index in [1.807, 2.05) is 0 Å². The number of methoxy groups -OCH3 is 1. The van der Waals surface area contributed by atoms with E-state index in [1.165, 1.54) is 13.3 Å². The van der Waals surface area contributed by atoms with E-state index < -0.39 is 41.7 Å². The smallest absolute Gasteiger partial charge is 0.303 e. The lowest BCUT2D eigenvalue weighted by atomic mass is 9.71. The molecule has 0 amide bonds. The second-order valence-electron chi connectivity index (χ2n) is 10.6. The third kappa shape index (κ3) is 6.89. The van der Waals surface area contributed by atoms with Crippen molar-refractivity contribution >= 4 is 16.9 Å². The molecule has 2 aromatic carbocycles. The van der Waals surface area contributed by atoms with Gasteiger partial charge >= 0.3 is 5.97 Å². The summed E-state index contributed by atoms with van der Waals surface area (Å²) in [5.41, 5.74) is 0.254. The number of nitrogens with zero attached hydrogens (tertiary/aromatic N) is 2. The molecule has 1 aromatic heterocycles. The van der Waals surface area contributed by atoms with Crippen molar-refractivity contribution in [2.24, 2.45) is 5.41 Å². The highest BCUT2D eigenvalue weighted by Gasteiger charge is 2.37. The van der Waals surface area contributed by atoms with Crippen molar-refractivity contribution in [2.75, 3.05) is 26.7 Å². The number of aliphatic carboxylic acids is 1. The topological polar surface area (TPSA) is 62.7 Å². The quantitative estimate of drug-likeness (QED) is 0.188. The average molecular weight is 565 g/mol. The molecule has 1 aliphatic rings. The van der Waals surface area contributed by atoms with Crippen molar-refractivity contribution < 1.29 is 36.6 Å². The number of aryl methyl sites for hydroxylation is 1. The molecule has 0 unspecified atom stereocenters. The van der Waals surface area contributed by atoms with E-state index in [0.29, 0.717) is 68.0 Å². The fraction of sp³-hybridized carbons (Fsp3) is 0.467. The SMILES string of the molecule is COc1ccc2ncc(CF)c([C@@H](F)CCC3(CC(=O)O)CCN(CCCc4cc(F)cc(F)c4F)CC3)c2c1. The van der Waals surface area contributed by atoms with Crippen LogP contribution in [0.15, 0.2) is 36.5 Å². The molecule has 5 nitrogen and oxygen atoms in total. The second-order valence-corrected chi connectivity index (χ2v) is 10.6. The number of rotatable bonds is 12. The molecule has 216 valence electrons. The maximum Gasteiger partial charge on any atom is 0.303 e. The minimum absolute atomic E-state index is 0.0161. The van der Waals surface area contributed by atoms with Gasteiger partial charge in [0.2, 0.25) is 0 Å². The fourth-order valence-electron chi connectivity index (χ4n) is 5.79. The van der Waals surface area contributed by atoms with Gasteiger partial charge in [-0.1, -0.05) is 0 Å². The average Bonchev–Trinajstić information content (AvgIpc) is 2.94. The van der Waals surface area contributed by atoms with E-state index in [9.17, 15) is 27.5 Å². The Bertz CT molecular complexity index is 1340. The Morgan fingerprint density at radius 1 is 1.15 bits per heavy atom. The van der Waals surface area contributed by atoms with Crippen LogP contribution in [0.5, 0.6) is 5.75 Å². The summed E-state index contributed by atoms with van der Waals surface area (Å²) in [4.78, 5) is 18.1. The molecule has 4 rings (SSSR count). The van der Waals surface area contributed by atoms with Crippen LogP contribution in [0.25, 0.3) is 10.9 Å². The molecular formula is C30H33F5N2O3. The van der Waals surface area contributed by atoms with Crippen molar-refractivity contribution in [2.45, 2.75) is 57.8 Å². The number of fused-ring (bicyclic) bond motifs is 1. The van der Waals surface area contributed by atoms with Crippen LogP contribution in [0.3, 0.4) is 0 Å². The Hall–Kier alpha value is -3.27. The Morgan fingerprint density at radius 3 is 2.58 bits per heavy atom. The Balaban J connectivity index is 1.41. The third-order valence-corrected chi connectivity index (χ3v) is 8.02. The number of halogens is 5. The van der Waals surface area contributed by atoms with Crippen LogP contribution < -0.4 is 4.74 Å². The number of aromatic nitrogens is 1. The summed E-state index contributed by atoms with van der Waals surface area (Å²) in [6, 6.07) is 6.53. The largest absolute Gasteiger partial charge is 0.497 e. The normalized spacial score (nSPS) is 16.2. The van der Waals surface area contributed by atoms with Gasteiger partial charge in [-0.3, -0.25) is 9.78 Å². The molecule has 1 N–H and O–H groups in total. The monoisotopic (exact) mass is 564 g/mol. The summed E-state index contributed by atoms with van der Waals surface area (Å²) in [7, 11) is 1.49. The van der Waals surface area contributed by atoms with Gasteiger partial charge in [-0.15, -0.1) is 0 Å². The van der Waals surface area contributed by atoms with Crippen LogP contribution in [0.1, 0.15) is 61.4 Å².